The number of benzene rings is 1. The van der Waals surface area contributed by atoms with Gasteiger partial charge >= 0.3 is 5.97 Å². The van der Waals surface area contributed by atoms with Crippen molar-refractivity contribution in [3.8, 4) is 0 Å². The summed E-state index contributed by atoms with van der Waals surface area (Å²) in [5, 5.41) is 11.1. The van der Waals surface area contributed by atoms with Gasteiger partial charge in [-0.15, -0.1) is 11.3 Å². The second-order valence-corrected chi connectivity index (χ2v) is 10.2. The Balaban J connectivity index is 2.11. The molecule has 0 spiro atoms. The number of thiophene rings is 1. The number of halogens is 1. The monoisotopic (exact) mass is 486 g/mol. The minimum atomic E-state index is -4.16. The lowest BCUT2D eigenvalue weighted by Gasteiger charge is -2.25. The topological polar surface area (TPSA) is 95.0 Å². The minimum absolute atomic E-state index is 0.0463. The Morgan fingerprint density at radius 1 is 1.36 bits per heavy atom. The summed E-state index contributed by atoms with van der Waals surface area (Å²) in [5.41, 5.74) is 1.11. The van der Waals surface area contributed by atoms with Crippen LogP contribution >= 0.6 is 27.3 Å². The molecule has 1 N–H and O–H groups in total. The molecule has 0 aliphatic carbocycles. The molecule has 0 bridgehead atoms. The molecule has 2 aromatic rings. The van der Waals surface area contributed by atoms with Crippen molar-refractivity contribution in [2.45, 2.75) is 31.2 Å². The maximum absolute atomic E-state index is 13.5. The molecule has 150 valence electrons. The molecule has 1 aliphatic rings. The fraction of sp³-hybridized carbons (Fsp3) is 0.333. The number of amides is 1. The molecule has 28 heavy (non-hydrogen) atoms. The largest absolute Gasteiger partial charge is 0.480 e. The van der Waals surface area contributed by atoms with Crippen LogP contribution in [0.15, 0.2) is 39.0 Å². The zero-order chi connectivity index (χ0) is 20.5. The van der Waals surface area contributed by atoms with E-state index in [-0.39, 0.29) is 23.8 Å². The summed E-state index contributed by atoms with van der Waals surface area (Å²) in [7, 11) is -4.16. The van der Waals surface area contributed by atoms with E-state index in [1.165, 1.54) is 22.3 Å². The maximum atomic E-state index is 13.5. The van der Waals surface area contributed by atoms with Crippen LogP contribution in [-0.2, 0) is 32.6 Å². The number of fused-ring (bicyclic) bond motifs is 1. The Bertz CT molecular complexity index is 1010. The van der Waals surface area contributed by atoms with Crippen molar-refractivity contribution in [2.75, 3.05) is 18.0 Å². The van der Waals surface area contributed by atoms with E-state index in [2.05, 4.69) is 15.9 Å². The average Bonchev–Trinajstić information content (AvgIpc) is 3.28. The molecule has 1 aliphatic heterocycles. The van der Waals surface area contributed by atoms with Crippen LogP contribution in [-0.4, -0.2) is 42.8 Å². The first kappa shape index (κ1) is 21.0. The average molecular weight is 487 g/mol. The molecule has 1 aromatic heterocycles. The zero-order valence-corrected chi connectivity index (χ0v) is 18.3. The number of anilines is 1. The standard InChI is InChI=1S/C18H19BrN2O5S2/c1-2-16(22)21-6-5-12-8-13(19)9-15(18(12)21)28(25,26)20(11-17(23)24)10-14-4-3-7-27-14/h3-4,7-9H,2,5-6,10-11H2,1H3,(H,23,24). The van der Waals surface area contributed by atoms with E-state index in [4.69, 9.17) is 0 Å². The van der Waals surface area contributed by atoms with Gasteiger partial charge in [0.1, 0.15) is 11.4 Å². The summed E-state index contributed by atoms with van der Waals surface area (Å²) in [5.74, 6) is -1.41. The number of aliphatic carboxylic acids is 1. The van der Waals surface area contributed by atoms with Crippen LogP contribution in [0.25, 0.3) is 0 Å². The molecule has 10 heteroatoms. The van der Waals surface area contributed by atoms with Gasteiger partial charge in [-0.2, -0.15) is 4.31 Å². The Hall–Kier alpha value is -1.75. The Morgan fingerprint density at radius 2 is 2.11 bits per heavy atom. The van der Waals surface area contributed by atoms with Crippen LogP contribution in [0.5, 0.6) is 0 Å². The maximum Gasteiger partial charge on any atom is 0.318 e. The van der Waals surface area contributed by atoms with Gasteiger partial charge in [0.05, 0.1) is 5.69 Å². The number of sulfonamides is 1. The van der Waals surface area contributed by atoms with Gasteiger partial charge in [0.15, 0.2) is 0 Å². The Labute approximate surface area is 175 Å². The van der Waals surface area contributed by atoms with Gasteiger partial charge < -0.3 is 10.0 Å². The smallest absolute Gasteiger partial charge is 0.318 e. The van der Waals surface area contributed by atoms with Crippen LogP contribution in [0.3, 0.4) is 0 Å². The van der Waals surface area contributed by atoms with Gasteiger partial charge in [0.25, 0.3) is 0 Å². The number of rotatable bonds is 7. The molecule has 0 unspecified atom stereocenters. The summed E-state index contributed by atoms with van der Waals surface area (Å²) >= 11 is 4.70. The summed E-state index contributed by atoms with van der Waals surface area (Å²) in [6, 6.07) is 6.79. The first-order valence-corrected chi connectivity index (χ1v) is 11.7. The summed E-state index contributed by atoms with van der Waals surface area (Å²) < 4.78 is 28.5. The van der Waals surface area contributed by atoms with Crippen molar-refractivity contribution in [3.05, 3.63) is 44.6 Å². The molecule has 7 nitrogen and oxygen atoms in total. The molecule has 1 aromatic carbocycles. The predicted molar refractivity (Wildman–Crippen MR) is 110 cm³/mol. The number of carboxylic acids is 1. The molecule has 0 atom stereocenters. The summed E-state index contributed by atoms with van der Waals surface area (Å²) in [6.45, 7) is 1.42. The summed E-state index contributed by atoms with van der Waals surface area (Å²) in [4.78, 5) is 25.9. The van der Waals surface area contributed by atoms with E-state index in [9.17, 15) is 23.1 Å². The molecule has 2 heterocycles. The van der Waals surface area contributed by atoms with Gasteiger partial charge in [-0.3, -0.25) is 9.59 Å². The lowest BCUT2D eigenvalue weighted by molar-refractivity contribution is -0.137. The van der Waals surface area contributed by atoms with Crippen LogP contribution in [0, 0.1) is 0 Å². The first-order valence-electron chi connectivity index (χ1n) is 8.61. The predicted octanol–water partition coefficient (Wildman–Crippen LogP) is 3.09. The lowest BCUT2D eigenvalue weighted by Crippen LogP contribution is -2.36. The molecule has 0 saturated carbocycles. The van der Waals surface area contributed by atoms with E-state index in [0.29, 0.717) is 23.1 Å². The fourth-order valence-corrected chi connectivity index (χ4v) is 6.29. The van der Waals surface area contributed by atoms with Gasteiger partial charge in [0, 0.05) is 28.9 Å². The van der Waals surface area contributed by atoms with Crippen molar-refractivity contribution in [2.24, 2.45) is 0 Å². The summed E-state index contributed by atoms with van der Waals surface area (Å²) in [6.07, 6.45) is 0.802. The highest BCUT2D eigenvalue weighted by Crippen LogP contribution is 2.39. The Kier molecular flexibility index (Phi) is 6.23. The molecule has 0 fully saturated rings. The number of hydrogen-bond donors (Lipinski definition) is 1. The number of hydrogen-bond acceptors (Lipinski definition) is 5. The van der Waals surface area contributed by atoms with Crippen molar-refractivity contribution in [3.63, 3.8) is 0 Å². The number of carbonyl (C=O) groups excluding carboxylic acids is 1. The SMILES string of the molecule is CCC(=O)N1CCc2cc(Br)cc(S(=O)(=O)N(CC(=O)O)Cc3cccs3)c21. The van der Waals surface area contributed by atoms with Gasteiger partial charge in [0.2, 0.25) is 15.9 Å². The van der Waals surface area contributed by atoms with Crippen molar-refractivity contribution in [1.82, 2.24) is 4.31 Å². The van der Waals surface area contributed by atoms with Gasteiger partial charge in [-0.1, -0.05) is 28.9 Å². The number of carbonyl (C=O) groups is 2. The van der Waals surface area contributed by atoms with Crippen LogP contribution in [0.4, 0.5) is 5.69 Å². The lowest BCUT2D eigenvalue weighted by atomic mass is 10.2. The molecule has 0 radical (unpaired) electrons. The minimum Gasteiger partial charge on any atom is -0.480 e. The van der Waals surface area contributed by atoms with E-state index in [0.717, 1.165) is 14.7 Å². The molecule has 3 rings (SSSR count). The third-order valence-corrected chi connectivity index (χ3v) is 7.56. The second kappa shape index (κ2) is 8.32. The Morgan fingerprint density at radius 3 is 2.71 bits per heavy atom. The fourth-order valence-electron chi connectivity index (χ4n) is 3.20. The quantitative estimate of drug-likeness (QED) is 0.648. The van der Waals surface area contributed by atoms with Crippen molar-refractivity contribution in [1.29, 1.82) is 0 Å². The van der Waals surface area contributed by atoms with Crippen LogP contribution < -0.4 is 4.90 Å². The normalized spacial score (nSPS) is 13.8. The molecule has 0 saturated heterocycles. The van der Waals surface area contributed by atoms with Crippen LogP contribution in [0.1, 0.15) is 23.8 Å². The first-order chi connectivity index (χ1) is 13.2. The third-order valence-electron chi connectivity index (χ3n) is 4.44. The molecular formula is C18H19BrN2O5S2. The number of nitrogens with zero attached hydrogens (tertiary/aromatic N) is 2. The van der Waals surface area contributed by atoms with Gasteiger partial charge in [-0.05, 0) is 35.6 Å². The molecular weight excluding hydrogens is 468 g/mol. The van der Waals surface area contributed by atoms with Crippen molar-refractivity contribution < 1.29 is 23.1 Å². The second-order valence-electron chi connectivity index (χ2n) is 6.31. The van der Waals surface area contributed by atoms with Crippen LogP contribution in [0.2, 0.25) is 0 Å². The van der Waals surface area contributed by atoms with E-state index >= 15 is 0 Å². The number of carboxylic acid groups (broad SMARTS) is 1. The molecule has 1 amide bonds. The highest BCUT2D eigenvalue weighted by Gasteiger charge is 2.36. The van der Waals surface area contributed by atoms with Crippen molar-refractivity contribution >= 4 is 54.9 Å². The van der Waals surface area contributed by atoms with Gasteiger partial charge in [-0.25, -0.2) is 8.42 Å². The van der Waals surface area contributed by atoms with E-state index in [1.807, 2.05) is 0 Å². The van der Waals surface area contributed by atoms with E-state index < -0.39 is 22.5 Å². The van der Waals surface area contributed by atoms with E-state index in [1.54, 1.807) is 30.5 Å². The third kappa shape index (κ3) is 4.14. The highest BCUT2D eigenvalue weighted by molar-refractivity contribution is 9.10. The zero-order valence-electron chi connectivity index (χ0n) is 15.1. The highest BCUT2D eigenvalue weighted by atomic mass is 79.9.